The molecule has 1 fully saturated rings. The van der Waals surface area contributed by atoms with Crippen molar-refractivity contribution in [3.05, 3.63) is 11.9 Å². The van der Waals surface area contributed by atoms with Crippen molar-refractivity contribution in [3.8, 4) is 0 Å². The number of hydrogen-bond acceptors (Lipinski definition) is 5. The van der Waals surface area contributed by atoms with Gasteiger partial charge >= 0.3 is 5.97 Å². The van der Waals surface area contributed by atoms with E-state index in [0.29, 0.717) is 0 Å². The molecule has 1 aliphatic heterocycles. The molecule has 2 heterocycles. The molecular formula is C12H19N5O3. The van der Waals surface area contributed by atoms with Crippen molar-refractivity contribution in [2.45, 2.75) is 32.4 Å². The van der Waals surface area contributed by atoms with E-state index in [4.69, 9.17) is 5.11 Å². The van der Waals surface area contributed by atoms with Crippen molar-refractivity contribution in [1.82, 2.24) is 25.6 Å². The number of rotatable bonds is 6. The van der Waals surface area contributed by atoms with Gasteiger partial charge in [0.15, 0.2) is 5.69 Å². The fourth-order valence-electron chi connectivity index (χ4n) is 1.90. The number of carboxylic acid groups (broad SMARTS) is 1. The summed E-state index contributed by atoms with van der Waals surface area (Å²) in [5.74, 6) is -1.29. The van der Waals surface area contributed by atoms with E-state index in [1.54, 1.807) is 10.9 Å². The summed E-state index contributed by atoms with van der Waals surface area (Å²) in [4.78, 5) is 22.8. The minimum Gasteiger partial charge on any atom is -0.481 e. The van der Waals surface area contributed by atoms with Crippen molar-refractivity contribution in [1.29, 1.82) is 0 Å². The SMILES string of the molecule is CC(C)C(CC(=O)O)NC(=O)c1cn(C2CNC2)nn1. The van der Waals surface area contributed by atoms with Gasteiger partial charge < -0.3 is 15.7 Å². The summed E-state index contributed by atoms with van der Waals surface area (Å²) < 4.78 is 1.66. The van der Waals surface area contributed by atoms with Gasteiger partial charge in [0.1, 0.15) is 0 Å². The second kappa shape index (κ2) is 6.00. The van der Waals surface area contributed by atoms with Gasteiger partial charge in [-0.25, -0.2) is 4.68 Å². The van der Waals surface area contributed by atoms with E-state index in [0.717, 1.165) is 13.1 Å². The molecule has 0 spiro atoms. The zero-order valence-corrected chi connectivity index (χ0v) is 11.5. The fraction of sp³-hybridized carbons (Fsp3) is 0.667. The predicted octanol–water partition coefficient (Wildman–Crippen LogP) is -0.348. The van der Waals surface area contributed by atoms with Crippen LogP contribution in [-0.4, -0.2) is 51.1 Å². The Kier molecular flexibility index (Phi) is 4.33. The molecule has 1 amide bonds. The maximum absolute atomic E-state index is 12.0. The molecule has 1 unspecified atom stereocenters. The first-order valence-corrected chi connectivity index (χ1v) is 6.62. The van der Waals surface area contributed by atoms with Gasteiger partial charge in [-0.2, -0.15) is 0 Å². The number of carbonyl (C=O) groups excluding carboxylic acids is 1. The molecule has 1 aromatic rings. The normalized spacial score (nSPS) is 16.8. The van der Waals surface area contributed by atoms with Crippen molar-refractivity contribution < 1.29 is 14.7 Å². The molecule has 1 atom stereocenters. The second-order valence-electron chi connectivity index (χ2n) is 5.32. The number of amides is 1. The van der Waals surface area contributed by atoms with Gasteiger partial charge in [0, 0.05) is 19.1 Å². The summed E-state index contributed by atoms with van der Waals surface area (Å²) in [6.45, 7) is 5.37. The predicted molar refractivity (Wildman–Crippen MR) is 70.3 cm³/mol. The average Bonchev–Trinajstić information content (AvgIpc) is 2.74. The first-order valence-electron chi connectivity index (χ1n) is 6.62. The van der Waals surface area contributed by atoms with Crippen molar-refractivity contribution >= 4 is 11.9 Å². The maximum atomic E-state index is 12.0. The lowest BCUT2D eigenvalue weighted by molar-refractivity contribution is -0.137. The smallest absolute Gasteiger partial charge is 0.305 e. The van der Waals surface area contributed by atoms with E-state index < -0.39 is 12.0 Å². The zero-order valence-electron chi connectivity index (χ0n) is 11.5. The van der Waals surface area contributed by atoms with E-state index in [1.165, 1.54) is 0 Å². The van der Waals surface area contributed by atoms with Crippen molar-refractivity contribution in [2.24, 2.45) is 5.92 Å². The first kappa shape index (κ1) is 14.4. The van der Waals surface area contributed by atoms with Crippen LogP contribution in [0.15, 0.2) is 6.20 Å². The monoisotopic (exact) mass is 281 g/mol. The standard InChI is InChI=1S/C12H19N5O3/c1-7(2)9(3-11(18)19)14-12(20)10-6-17(16-15-10)8-4-13-5-8/h6-9,13H,3-5H2,1-2H3,(H,14,20)(H,18,19). The Hall–Kier alpha value is -1.96. The molecule has 0 aliphatic carbocycles. The summed E-state index contributed by atoms with van der Waals surface area (Å²) in [6, 6.07) is -0.181. The van der Waals surface area contributed by atoms with Crippen LogP contribution >= 0.6 is 0 Å². The Labute approximate surface area is 116 Å². The summed E-state index contributed by atoms with van der Waals surface area (Å²) in [6.07, 6.45) is 1.49. The van der Waals surface area contributed by atoms with Crippen LogP contribution in [0.5, 0.6) is 0 Å². The summed E-state index contributed by atoms with van der Waals surface area (Å²) in [5, 5.41) is 22.4. The third kappa shape index (κ3) is 3.32. The number of carbonyl (C=O) groups is 2. The molecular weight excluding hydrogens is 262 g/mol. The highest BCUT2D eigenvalue weighted by Gasteiger charge is 2.24. The Bertz CT molecular complexity index is 495. The lowest BCUT2D eigenvalue weighted by Gasteiger charge is -2.26. The maximum Gasteiger partial charge on any atom is 0.305 e. The largest absolute Gasteiger partial charge is 0.481 e. The summed E-state index contributed by atoms with van der Waals surface area (Å²) in [5.41, 5.74) is 0.216. The van der Waals surface area contributed by atoms with Crippen LogP contribution in [0.4, 0.5) is 0 Å². The molecule has 2 rings (SSSR count). The number of aliphatic carboxylic acids is 1. The molecule has 0 saturated carbocycles. The topological polar surface area (TPSA) is 109 Å². The Morgan fingerprint density at radius 1 is 1.55 bits per heavy atom. The third-order valence-electron chi connectivity index (χ3n) is 3.39. The van der Waals surface area contributed by atoms with Gasteiger partial charge in [-0.05, 0) is 5.92 Å². The molecule has 1 aliphatic rings. The highest BCUT2D eigenvalue weighted by Crippen LogP contribution is 2.11. The average molecular weight is 281 g/mol. The minimum atomic E-state index is -0.937. The molecule has 3 N–H and O–H groups in total. The zero-order chi connectivity index (χ0) is 14.7. The van der Waals surface area contributed by atoms with Gasteiger partial charge in [0.2, 0.25) is 0 Å². The van der Waals surface area contributed by atoms with E-state index in [9.17, 15) is 9.59 Å². The molecule has 1 saturated heterocycles. The number of nitrogens with one attached hydrogen (secondary N) is 2. The van der Waals surface area contributed by atoms with Gasteiger partial charge in [-0.15, -0.1) is 5.10 Å². The number of nitrogens with zero attached hydrogens (tertiary/aromatic N) is 3. The van der Waals surface area contributed by atoms with Gasteiger partial charge in [0.25, 0.3) is 5.91 Å². The van der Waals surface area contributed by atoms with Crippen LogP contribution in [0.25, 0.3) is 0 Å². The van der Waals surface area contributed by atoms with E-state index in [1.807, 2.05) is 13.8 Å². The van der Waals surface area contributed by atoms with Crippen LogP contribution in [0, 0.1) is 5.92 Å². The molecule has 1 aromatic heterocycles. The van der Waals surface area contributed by atoms with E-state index >= 15 is 0 Å². The quantitative estimate of drug-likeness (QED) is 0.657. The molecule has 20 heavy (non-hydrogen) atoms. The van der Waals surface area contributed by atoms with Gasteiger partial charge in [-0.1, -0.05) is 19.1 Å². The van der Waals surface area contributed by atoms with Crippen molar-refractivity contribution in [3.63, 3.8) is 0 Å². The molecule has 0 radical (unpaired) electrons. The number of carboxylic acids is 1. The van der Waals surface area contributed by atoms with Crippen LogP contribution in [-0.2, 0) is 4.79 Å². The fourth-order valence-corrected chi connectivity index (χ4v) is 1.90. The number of aromatic nitrogens is 3. The minimum absolute atomic E-state index is 0.0286. The first-order chi connectivity index (χ1) is 9.47. The van der Waals surface area contributed by atoms with E-state index in [2.05, 4.69) is 20.9 Å². The Morgan fingerprint density at radius 3 is 2.75 bits per heavy atom. The highest BCUT2D eigenvalue weighted by atomic mass is 16.4. The lowest BCUT2D eigenvalue weighted by Crippen LogP contribution is -2.43. The molecule has 0 aromatic carbocycles. The van der Waals surface area contributed by atoms with Crippen LogP contribution in [0.3, 0.4) is 0 Å². The van der Waals surface area contributed by atoms with Gasteiger partial charge in [-0.3, -0.25) is 9.59 Å². The molecule has 8 heteroatoms. The van der Waals surface area contributed by atoms with Crippen LogP contribution < -0.4 is 10.6 Å². The summed E-state index contributed by atoms with van der Waals surface area (Å²) >= 11 is 0. The van der Waals surface area contributed by atoms with Crippen molar-refractivity contribution in [2.75, 3.05) is 13.1 Å². The third-order valence-corrected chi connectivity index (χ3v) is 3.39. The van der Waals surface area contributed by atoms with E-state index in [-0.39, 0.29) is 30.0 Å². The van der Waals surface area contributed by atoms with Crippen LogP contribution in [0.2, 0.25) is 0 Å². The highest BCUT2D eigenvalue weighted by molar-refractivity contribution is 5.92. The number of hydrogen-bond donors (Lipinski definition) is 3. The molecule has 110 valence electrons. The molecule has 0 bridgehead atoms. The summed E-state index contributed by atoms with van der Waals surface area (Å²) in [7, 11) is 0. The second-order valence-corrected chi connectivity index (χ2v) is 5.32. The van der Waals surface area contributed by atoms with Gasteiger partial charge in [0.05, 0.1) is 18.7 Å². The molecule has 8 nitrogen and oxygen atoms in total. The Balaban J connectivity index is 1.98. The van der Waals surface area contributed by atoms with Crippen LogP contribution in [0.1, 0.15) is 36.8 Å². The Morgan fingerprint density at radius 2 is 2.25 bits per heavy atom. The lowest BCUT2D eigenvalue weighted by atomic mass is 10.0.